The van der Waals surface area contributed by atoms with E-state index in [4.69, 9.17) is 10.4 Å². The Labute approximate surface area is 234 Å². The minimum atomic E-state index is -1.62. The van der Waals surface area contributed by atoms with Gasteiger partial charge in [-0.25, -0.2) is 9.59 Å². The average Bonchev–Trinajstić information content (AvgIpc) is 2.92. The molecular formula is C25H28BN6O9+. The van der Waals surface area contributed by atoms with Crippen LogP contribution < -0.4 is 25.6 Å². The number of nitrogens with two attached hydrogens (primary N) is 1. The van der Waals surface area contributed by atoms with Crippen molar-refractivity contribution in [3.05, 3.63) is 59.4 Å². The van der Waals surface area contributed by atoms with Crippen LogP contribution in [0.2, 0.25) is 0 Å². The number of piperazine rings is 1. The van der Waals surface area contributed by atoms with E-state index in [9.17, 15) is 38.9 Å². The van der Waals surface area contributed by atoms with E-state index in [1.54, 1.807) is 13.0 Å². The Hall–Kier alpha value is -4.99. The van der Waals surface area contributed by atoms with E-state index >= 15 is 0 Å². The fraction of sp³-hybridized carbons (Fsp3) is 0.320. The molecule has 214 valence electrons. The highest BCUT2D eigenvalue weighted by Gasteiger charge is 2.41. The number of nitrogens with one attached hydrogen (secondary N) is 2. The Bertz CT molecular complexity index is 1420. The maximum Gasteiger partial charge on any atom is 0.547 e. The highest BCUT2D eigenvalue weighted by atomic mass is 16.5. The number of imide groups is 1. The van der Waals surface area contributed by atoms with Gasteiger partial charge < -0.3 is 36.1 Å². The zero-order valence-electron chi connectivity index (χ0n) is 22.0. The van der Waals surface area contributed by atoms with Crippen LogP contribution in [0.25, 0.3) is 0 Å². The molecule has 2 atom stereocenters. The van der Waals surface area contributed by atoms with Gasteiger partial charge in [-0.15, -0.1) is 0 Å². The van der Waals surface area contributed by atoms with Gasteiger partial charge in [-0.05, 0) is 31.0 Å². The summed E-state index contributed by atoms with van der Waals surface area (Å²) >= 11 is 0. The van der Waals surface area contributed by atoms with Gasteiger partial charge >= 0.3 is 30.9 Å². The first-order valence-corrected chi connectivity index (χ1v) is 12.7. The van der Waals surface area contributed by atoms with Crippen molar-refractivity contribution in [2.75, 3.05) is 19.6 Å². The van der Waals surface area contributed by atoms with E-state index in [-0.39, 0.29) is 49.5 Å². The zero-order valence-corrected chi connectivity index (χ0v) is 22.0. The smallest absolute Gasteiger partial charge is 0.534 e. The maximum absolute atomic E-state index is 13.6. The van der Waals surface area contributed by atoms with Crippen LogP contribution in [0.4, 0.5) is 4.79 Å². The van der Waals surface area contributed by atoms with Gasteiger partial charge in [0.05, 0.1) is 11.5 Å². The lowest BCUT2D eigenvalue weighted by Crippen LogP contribution is -2.60. The number of carbonyl (C=O) groups excluding carboxylic acids is 5. The van der Waals surface area contributed by atoms with Gasteiger partial charge in [0.25, 0.3) is 5.91 Å². The number of rotatable bonds is 8. The molecule has 1 aromatic carbocycles. The molecule has 2 aromatic rings. The Morgan fingerprint density at radius 3 is 2.61 bits per heavy atom. The first kappa shape index (κ1) is 29.0. The summed E-state index contributed by atoms with van der Waals surface area (Å²) < 4.78 is 6.82. The number of carboxylic acids is 1. The number of hydrogen-bond donors (Lipinski definition) is 5. The van der Waals surface area contributed by atoms with Crippen molar-refractivity contribution in [3.8, 4) is 5.75 Å². The summed E-state index contributed by atoms with van der Waals surface area (Å²) in [6, 6.07) is 4.98. The lowest BCUT2D eigenvalue weighted by Gasteiger charge is -2.33. The number of fused-ring (bicyclic) bond motifs is 1. The minimum Gasteiger partial charge on any atom is -0.534 e. The Balaban J connectivity index is 1.59. The fourth-order valence-electron chi connectivity index (χ4n) is 4.65. The van der Waals surface area contributed by atoms with E-state index in [0.29, 0.717) is 10.5 Å². The summed E-state index contributed by atoms with van der Waals surface area (Å²) in [5.41, 5.74) is 5.76. The second kappa shape index (κ2) is 12.0. The van der Waals surface area contributed by atoms with Crippen LogP contribution in [0.1, 0.15) is 34.5 Å². The van der Waals surface area contributed by atoms with Gasteiger partial charge in [-0.2, -0.15) is 4.57 Å². The predicted octanol–water partition coefficient (Wildman–Crippen LogP) is -2.26. The van der Waals surface area contributed by atoms with Crippen molar-refractivity contribution >= 4 is 42.7 Å². The largest absolute Gasteiger partial charge is 0.547 e. The van der Waals surface area contributed by atoms with Crippen LogP contribution in [0.5, 0.6) is 5.75 Å². The highest BCUT2D eigenvalue weighted by molar-refractivity contribution is 6.47. The maximum atomic E-state index is 13.6. The molecule has 2 aliphatic heterocycles. The number of primary amides is 1. The van der Waals surface area contributed by atoms with Crippen molar-refractivity contribution in [2.24, 2.45) is 5.73 Å². The average molecular weight is 567 g/mol. The SMILES string of the molecule is CCN1CCN(C(=O)NC(C(=O)N[C@H]2Cc3cccc(C(=O)O)c3OB2O)c2ccc[n+](CC(N)=O)c2)C(=O)C1=O. The van der Waals surface area contributed by atoms with Crippen LogP contribution >= 0.6 is 0 Å². The molecule has 4 rings (SSSR count). The Kier molecular flexibility index (Phi) is 8.52. The molecule has 0 spiro atoms. The lowest BCUT2D eigenvalue weighted by atomic mass is 9.72. The molecule has 1 saturated heterocycles. The van der Waals surface area contributed by atoms with Gasteiger partial charge in [0.2, 0.25) is 12.5 Å². The third kappa shape index (κ3) is 6.27. The van der Waals surface area contributed by atoms with Crippen molar-refractivity contribution in [1.29, 1.82) is 0 Å². The fourth-order valence-corrected chi connectivity index (χ4v) is 4.65. The first-order valence-electron chi connectivity index (χ1n) is 12.7. The summed E-state index contributed by atoms with van der Waals surface area (Å²) in [5.74, 6) is -5.68. The van der Waals surface area contributed by atoms with E-state index in [0.717, 1.165) is 0 Å². The van der Waals surface area contributed by atoms with Gasteiger partial charge in [0, 0.05) is 31.3 Å². The van der Waals surface area contributed by atoms with E-state index in [1.165, 1.54) is 46.1 Å². The number of carboxylic acid groups (broad SMARTS) is 1. The number of pyridine rings is 1. The molecule has 2 aliphatic rings. The molecule has 1 unspecified atom stereocenters. The van der Waals surface area contributed by atoms with Crippen LogP contribution in [0, 0.1) is 0 Å². The molecular weight excluding hydrogens is 539 g/mol. The number of para-hydroxylation sites is 1. The number of aromatic nitrogens is 1. The summed E-state index contributed by atoms with van der Waals surface area (Å²) in [6.07, 6.45) is 2.93. The standard InChI is InChI=1S/C25H27BN6O9/c1-2-31-9-10-32(23(36)22(31)35)25(39)29-19(15-6-4-8-30(12-15)13-18(27)33)21(34)28-17-11-14-5-3-7-16(24(37)38)20(14)41-26(17)40/h3-8,12,17,19,40H,2,9-11,13H2,1H3,(H4-,27,28,29,33,34,37,38,39)/p+1/t17-,19?/m0/s1. The van der Waals surface area contributed by atoms with Gasteiger partial charge in [0.1, 0.15) is 11.8 Å². The number of urea groups is 1. The first-order chi connectivity index (χ1) is 19.5. The molecule has 6 amide bonds. The summed E-state index contributed by atoms with van der Waals surface area (Å²) in [5, 5.41) is 25.1. The molecule has 1 aromatic heterocycles. The zero-order chi connectivity index (χ0) is 29.8. The van der Waals surface area contributed by atoms with Crippen molar-refractivity contribution in [1.82, 2.24) is 20.4 Å². The van der Waals surface area contributed by atoms with Crippen molar-refractivity contribution in [2.45, 2.75) is 31.9 Å². The van der Waals surface area contributed by atoms with Crippen LogP contribution in [-0.4, -0.2) is 88.3 Å². The molecule has 0 saturated carbocycles. The minimum absolute atomic E-state index is 0.00641. The molecule has 41 heavy (non-hydrogen) atoms. The van der Waals surface area contributed by atoms with E-state index < -0.39 is 54.7 Å². The van der Waals surface area contributed by atoms with Crippen LogP contribution in [0.3, 0.4) is 0 Å². The summed E-state index contributed by atoms with van der Waals surface area (Å²) in [6.45, 7) is 1.80. The number of nitrogens with zero attached hydrogens (tertiary/aromatic N) is 3. The van der Waals surface area contributed by atoms with Crippen LogP contribution in [-0.2, 0) is 32.1 Å². The molecule has 6 N–H and O–H groups in total. The van der Waals surface area contributed by atoms with Gasteiger partial charge in [-0.3, -0.25) is 24.1 Å². The number of benzene rings is 1. The lowest BCUT2D eigenvalue weighted by molar-refractivity contribution is -0.684. The molecule has 0 bridgehead atoms. The van der Waals surface area contributed by atoms with Gasteiger partial charge in [0.15, 0.2) is 12.4 Å². The molecule has 0 radical (unpaired) electrons. The number of hydrogen-bond acceptors (Lipinski definition) is 8. The second-order valence-electron chi connectivity index (χ2n) is 9.43. The van der Waals surface area contributed by atoms with Crippen molar-refractivity contribution < 1.29 is 48.1 Å². The second-order valence-corrected chi connectivity index (χ2v) is 9.43. The van der Waals surface area contributed by atoms with Crippen molar-refractivity contribution in [3.63, 3.8) is 0 Å². The monoisotopic (exact) mass is 567 g/mol. The number of amides is 6. The Morgan fingerprint density at radius 2 is 1.93 bits per heavy atom. The quantitative estimate of drug-likeness (QED) is 0.132. The molecule has 1 fully saturated rings. The number of likely N-dealkylation sites (N-methyl/N-ethyl adjacent to an activating group) is 1. The van der Waals surface area contributed by atoms with E-state index in [2.05, 4.69) is 10.6 Å². The highest BCUT2D eigenvalue weighted by Crippen LogP contribution is 2.30. The Morgan fingerprint density at radius 1 is 1.17 bits per heavy atom. The van der Waals surface area contributed by atoms with Gasteiger partial charge in [-0.1, -0.05) is 12.1 Å². The molecule has 3 heterocycles. The third-order valence-electron chi connectivity index (χ3n) is 6.70. The van der Waals surface area contributed by atoms with Crippen LogP contribution in [0.15, 0.2) is 42.7 Å². The topological polar surface area (TPSA) is 213 Å². The number of carbonyl (C=O) groups is 6. The third-order valence-corrected chi connectivity index (χ3v) is 6.70. The molecule has 15 nitrogen and oxygen atoms in total. The number of aromatic carboxylic acids is 1. The molecule has 0 aliphatic carbocycles. The predicted molar refractivity (Wildman–Crippen MR) is 139 cm³/mol. The van der Waals surface area contributed by atoms with E-state index in [1.807, 2.05) is 0 Å². The summed E-state index contributed by atoms with van der Waals surface area (Å²) in [7, 11) is -1.62. The normalized spacial score (nSPS) is 17.3. The summed E-state index contributed by atoms with van der Waals surface area (Å²) in [4.78, 5) is 76.6. The molecule has 16 heteroatoms.